The number of carbonyl (C=O) groups is 1. The number of ether oxygens (including phenoxy) is 1. The standard InChI is InChI=1S/C14H20N2O2/c1-14(2,3)18-13(17)16-8-10-5-6-12(15-4)7-11(10)9-16/h5-7,15H,8-9H2,1-4H3. The number of hydrogen-bond acceptors (Lipinski definition) is 3. The van der Waals surface area contributed by atoms with E-state index in [1.54, 1.807) is 4.90 Å². The number of fused-ring (bicyclic) bond motifs is 1. The van der Waals surface area contributed by atoms with Crippen LogP contribution in [0.5, 0.6) is 0 Å². The Morgan fingerprint density at radius 1 is 1.28 bits per heavy atom. The third-order valence-electron chi connectivity index (χ3n) is 2.87. The number of benzene rings is 1. The maximum Gasteiger partial charge on any atom is 0.410 e. The molecule has 0 fully saturated rings. The molecule has 4 nitrogen and oxygen atoms in total. The first kappa shape index (κ1) is 12.7. The second kappa shape index (κ2) is 4.52. The Bertz CT molecular complexity index is 463. The van der Waals surface area contributed by atoms with E-state index in [0.29, 0.717) is 13.1 Å². The molecular formula is C14H20N2O2. The molecule has 1 aliphatic rings. The second-order valence-corrected chi connectivity index (χ2v) is 5.57. The lowest BCUT2D eigenvalue weighted by Crippen LogP contribution is -2.33. The molecule has 0 saturated heterocycles. The van der Waals surface area contributed by atoms with Crippen molar-refractivity contribution in [2.45, 2.75) is 39.5 Å². The van der Waals surface area contributed by atoms with Gasteiger partial charge in [-0.1, -0.05) is 6.07 Å². The minimum Gasteiger partial charge on any atom is -0.444 e. The molecule has 0 aliphatic carbocycles. The highest BCUT2D eigenvalue weighted by Crippen LogP contribution is 2.26. The summed E-state index contributed by atoms with van der Waals surface area (Å²) < 4.78 is 5.38. The molecule has 18 heavy (non-hydrogen) atoms. The van der Waals surface area contributed by atoms with E-state index >= 15 is 0 Å². The van der Waals surface area contributed by atoms with E-state index in [2.05, 4.69) is 17.4 Å². The van der Waals surface area contributed by atoms with Crippen LogP contribution in [-0.2, 0) is 17.8 Å². The summed E-state index contributed by atoms with van der Waals surface area (Å²) >= 11 is 0. The summed E-state index contributed by atoms with van der Waals surface area (Å²) in [5, 5.41) is 3.10. The van der Waals surface area contributed by atoms with Crippen molar-refractivity contribution in [3.8, 4) is 0 Å². The van der Waals surface area contributed by atoms with Gasteiger partial charge in [0.05, 0.1) is 0 Å². The first-order chi connectivity index (χ1) is 8.39. The van der Waals surface area contributed by atoms with Gasteiger partial charge in [-0.05, 0) is 44.0 Å². The van der Waals surface area contributed by atoms with Gasteiger partial charge in [0.15, 0.2) is 0 Å². The highest BCUT2D eigenvalue weighted by atomic mass is 16.6. The summed E-state index contributed by atoms with van der Waals surface area (Å²) in [6.07, 6.45) is -0.246. The van der Waals surface area contributed by atoms with Gasteiger partial charge in [0.2, 0.25) is 0 Å². The van der Waals surface area contributed by atoms with Gasteiger partial charge in [0.1, 0.15) is 5.60 Å². The molecule has 0 bridgehead atoms. The fraction of sp³-hybridized carbons (Fsp3) is 0.500. The first-order valence-electron chi connectivity index (χ1n) is 6.16. The minimum atomic E-state index is -0.442. The number of amides is 1. The molecule has 0 unspecified atom stereocenters. The quantitative estimate of drug-likeness (QED) is 0.830. The molecular weight excluding hydrogens is 228 g/mol. The Labute approximate surface area is 108 Å². The lowest BCUT2D eigenvalue weighted by molar-refractivity contribution is 0.0242. The van der Waals surface area contributed by atoms with Crippen LogP contribution < -0.4 is 5.32 Å². The number of nitrogens with zero attached hydrogens (tertiary/aromatic N) is 1. The van der Waals surface area contributed by atoms with Gasteiger partial charge in [-0.25, -0.2) is 4.79 Å². The van der Waals surface area contributed by atoms with E-state index in [-0.39, 0.29) is 6.09 Å². The zero-order valence-corrected chi connectivity index (χ0v) is 11.4. The summed E-state index contributed by atoms with van der Waals surface area (Å²) in [5.41, 5.74) is 3.01. The maximum atomic E-state index is 12.0. The largest absolute Gasteiger partial charge is 0.444 e. The van der Waals surface area contributed by atoms with Gasteiger partial charge in [-0.15, -0.1) is 0 Å². The number of rotatable bonds is 1. The molecule has 1 aromatic rings. The Balaban J connectivity index is 2.08. The Hall–Kier alpha value is -1.71. The van der Waals surface area contributed by atoms with Crippen molar-refractivity contribution in [1.29, 1.82) is 0 Å². The molecule has 0 radical (unpaired) electrons. The number of carbonyl (C=O) groups excluding carboxylic acids is 1. The topological polar surface area (TPSA) is 41.6 Å². The first-order valence-corrected chi connectivity index (χ1v) is 6.16. The normalized spacial score (nSPS) is 14.3. The molecule has 98 valence electrons. The van der Waals surface area contributed by atoms with Crippen molar-refractivity contribution in [3.05, 3.63) is 29.3 Å². The van der Waals surface area contributed by atoms with Crippen LogP contribution in [0.3, 0.4) is 0 Å². The molecule has 1 N–H and O–H groups in total. The van der Waals surface area contributed by atoms with E-state index in [4.69, 9.17) is 4.74 Å². The van der Waals surface area contributed by atoms with Crippen LogP contribution in [0, 0.1) is 0 Å². The third kappa shape index (κ3) is 2.75. The summed E-state index contributed by atoms with van der Waals surface area (Å²) in [5.74, 6) is 0. The van der Waals surface area contributed by atoms with Crippen molar-refractivity contribution in [1.82, 2.24) is 4.90 Å². The zero-order valence-electron chi connectivity index (χ0n) is 11.4. The molecule has 0 aromatic heterocycles. The predicted octanol–water partition coefficient (Wildman–Crippen LogP) is 2.98. The van der Waals surface area contributed by atoms with E-state index in [9.17, 15) is 4.79 Å². The molecule has 1 aromatic carbocycles. The summed E-state index contributed by atoms with van der Waals surface area (Å²) in [7, 11) is 1.89. The van der Waals surface area contributed by atoms with E-state index in [0.717, 1.165) is 5.69 Å². The van der Waals surface area contributed by atoms with Crippen LogP contribution in [0.1, 0.15) is 31.9 Å². The Kier molecular flexibility index (Phi) is 3.20. The number of anilines is 1. The van der Waals surface area contributed by atoms with Crippen LogP contribution in [0.15, 0.2) is 18.2 Å². The fourth-order valence-electron chi connectivity index (χ4n) is 2.01. The monoisotopic (exact) mass is 248 g/mol. The SMILES string of the molecule is CNc1ccc2c(c1)CN(C(=O)OC(C)(C)C)C2. The zero-order chi connectivity index (χ0) is 13.3. The number of nitrogens with one attached hydrogen (secondary N) is 1. The van der Waals surface area contributed by atoms with Gasteiger partial charge in [0, 0.05) is 25.8 Å². The van der Waals surface area contributed by atoms with Crippen LogP contribution in [0.4, 0.5) is 10.5 Å². The van der Waals surface area contributed by atoms with Crippen molar-refractivity contribution in [2.75, 3.05) is 12.4 Å². The lowest BCUT2D eigenvalue weighted by Gasteiger charge is -2.24. The molecule has 4 heteroatoms. The predicted molar refractivity (Wildman–Crippen MR) is 71.5 cm³/mol. The van der Waals surface area contributed by atoms with Gasteiger partial charge in [0.25, 0.3) is 0 Å². The van der Waals surface area contributed by atoms with Gasteiger partial charge >= 0.3 is 6.09 Å². The molecule has 1 aliphatic heterocycles. The van der Waals surface area contributed by atoms with Crippen molar-refractivity contribution < 1.29 is 9.53 Å². The van der Waals surface area contributed by atoms with E-state index in [1.165, 1.54) is 11.1 Å². The Morgan fingerprint density at radius 3 is 2.56 bits per heavy atom. The van der Waals surface area contributed by atoms with Crippen molar-refractivity contribution in [2.24, 2.45) is 0 Å². The minimum absolute atomic E-state index is 0.246. The summed E-state index contributed by atoms with van der Waals surface area (Å²) in [6.45, 7) is 6.90. The number of hydrogen-bond donors (Lipinski definition) is 1. The van der Waals surface area contributed by atoms with Gasteiger partial charge in [-0.2, -0.15) is 0 Å². The third-order valence-corrected chi connectivity index (χ3v) is 2.87. The second-order valence-electron chi connectivity index (χ2n) is 5.57. The van der Waals surface area contributed by atoms with Crippen LogP contribution >= 0.6 is 0 Å². The molecule has 1 amide bonds. The van der Waals surface area contributed by atoms with E-state index < -0.39 is 5.60 Å². The van der Waals surface area contributed by atoms with Crippen LogP contribution in [-0.4, -0.2) is 23.6 Å². The average Bonchev–Trinajstić information content (AvgIpc) is 2.69. The molecule has 0 atom stereocenters. The summed E-state index contributed by atoms with van der Waals surface area (Å²) in [4.78, 5) is 13.7. The van der Waals surface area contributed by atoms with Crippen molar-refractivity contribution >= 4 is 11.8 Å². The molecule has 2 rings (SSSR count). The molecule has 0 saturated carbocycles. The summed E-state index contributed by atoms with van der Waals surface area (Å²) in [6, 6.07) is 6.17. The smallest absolute Gasteiger partial charge is 0.410 e. The highest BCUT2D eigenvalue weighted by Gasteiger charge is 2.27. The highest BCUT2D eigenvalue weighted by molar-refractivity contribution is 5.69. The Morgan fingerprint density at radius 2 is 1.94 bits per heavy atom. The molecule has 0 spiro atoms. The van der Waals surface area contributed by atoms with Crippen LogP contribution in [0.2, 0.25) is 0 Å². The van der Waals surface area contributed by atoms with Gasteiger partial charge < -0.3 is 10.1 Å². The fourth-order valence-corrected chi connectivity index (χ4v) is 2.01. The maximum absolute atomic E-state index is 12.0. The van der Waals surface area contributed by atoms with Crippen LogP contribution in [0.25, 0.3) is 0 Å². The average molecular weight is 248 g/mol. The van der Waals surface area contributed by atoms with Crippen molar-refractivity contribution in [3.63, 3.8) is 0 Å². The lowest BCUT2D eigenvalue weighted by atomic mass is 10.1. The van der Waals surface area contributed by atoms with E-state index in [1.807, 2.05) is 33.9 Å². The van der Waals surface area contributed by atoms with Gasteiger partial charge in [-0.3, -0.25) is 4.90 Å². The molecule has 1 heterocycles.